The van der Waals surface area contributed by atoms with Crippen LogP contribution < -0.4 is 5.73 Å². The minimum absolute atomic E-state index is 0. The number of benzene rings is 2. The second-order valence-corrected chi connectivity index (χ2v) is 9.04. The second kappa shape index (κ2) is 11.0. The molecule has 0 bridgehead atoms. The number of thiophene rings is 1. The lowest BCUT2D eigenvalue weighted by molar-refractivity contribution is -0.137. The highest BCUT2D eigenvalue weighted by Gasteiger charge is 2.44. The molecule has 0 aliphatic carbocycles. The highest BCUT2D eigenvalue weighted by Crippen LogP contribution is 2.40. The number of nitrogen functional groups attached to an aromatic ring is 1. The predicted molar refractivity (Wildman–Crippen MR) is 142 cm³/mol. The lowest BCUT2D eigenvalue weighted by atomic mass is 9.82. The first-order chi connectivity index (χ1) is 17.3. The number of aromatic nitrogens is 1. The van der Waals surface area contributed by atoms with E-state index in [-0.39, 0.29) is 19.3 Å². The smallest absolute Gasteiger partial charge is 0.397 e. The number of likely N-dealkylation sites (tertiary alicyclic amines) is 1. The van der Waals surface area contributed by atoms with Gasteiger partial charge in [0.1, 0.15) is 15.7 Å². The number of carbonyl (C=O) groups excluding carboxylic acids is 1. The quantitative estimate of drug-likeness (QED) is 0.304. The first kappa shape index (κ1) is 27.7. The van der Waals surface area contributed by atoms with Crippen molar-refractivity contribution in [1.82, 2.24) is 9.88 Å². The Morgan fingerprint density at radius 3 is 2.22 bits per heavy atom. The third-order valence-corrected chi connectivity index (χ3v) is 7.20. The van der Waals surface area contributed by atoms with E-state index in [4.69, 9.17) is 5.73 Å². The maximum atomic E-state index is 13.1. The lowest BCUT2D eigenvalue weighted by Crippen LogP contribution is -2.56. The topological polar surface area (TPSA) is 83.0 Å². The van der Waals surface area contributed by atoms with Crippen molar-refractivity contribution in [3.05, 3.63) is 82.9 Å². The molecule has 0 saturated carbocycles. The first-order valence-electron chi connectivity index (χ1n) is 11.4. The summed E-state index contributed by atoms with van der Waals surface area (Å²) in [6, 6.07) is 17.4. The Morgan fingerprint density at radius 1 is 1.08 bits per heavy atom. The monoisotopic (exact) mass is 524 g/mol. The Bertz CT molecular complexity index is 1420. The molecule has 4 aromatic rings. The SMILES string of the molecule is C.CC.N#CC1C(c2ccc(-c3ccc(C(F)(F)F)cc3)cc2)CN1C(=O)c1sc2ncccc2c1N. The van der Waals surface area contributed by atoms with Crippen LogP contribution in [0.3, 0.4) is 0 Å². The minimum Gasteiger partial charge on any atom is -0.397 e. The van der Waals surface area contributed by atoms with Crippen molar-refractivity contribution >= 4 is 33.1 Å². The molecular formula is C28H27F3N4OS. The van der Waals surface area contributed by atoms with Crippen molar-refractivity contribution in [2.45, 2.75) is 39.4 Å². The van der Waals surface area contributed by atoms with Crippen LogP contribution in [0.4, 0.5) is 18.9 Å². The highest BCUT2D eigenvalue weighted by molar-refractivity contribution is 7.21. The van der Waals surface area contributed by atoms with Crippen molar-refractivity contribution in [3.8, 4) is 17.2 Å². The van der Waals surface area contributed by atoms with E-state index in [1.807, 2.05) is 44.2 Å². The number of nitriles is 1. The van der Waals surface area contributed by atoms with Crippen LogP contribution in [0.25, 0.3) is 21.3 Å². The Labute approximate surface area is 218 Å². The maximum absolute atomic E-state index is 13.1. The summed E-state index contributed by atoms with van der Waals surface area (Å²) >= 11 is 1.21. The van der Waals surface area contributed by atoms with Crippen LogP contribution in [-0.4, -0.2) is 28.4 Å². The fraction of sp³-hybridized carbons (Fsp3) is 0.250. The molecule has 0 radical (unpaired) electrons. The van der Waals surface area contributed by atoms with Gasteiger partial charge in [-0.05, 0) is 41.0 Å². The van der Waals surface area contributed by atoms with Gasteiger partial charge in [-0.2, -0.15) is 18.4 Å². The van der Waals surface area contributed by atoms with E-state index in [0.717, 1.165) is 28.6 Å². The van der Waals surface area contributed by atoms with Gasteiger partial charge >= 0.3 is 6.18 Å². The van der Waals surface area contributed by atoms with Crippen molar-refractivity contribution in [2.75, 3.05) is 12.3 Å². The van der Waals surface area contributed by atoms with Gasteiger partial charge in [0.15, 0.2) is 0 Å². The summed E-state index contributed by atoms with van der Waals surface area (Å²) in [6.45, 7) is 4.37. The molecule has 0 spiro atoms. The van der Waals surface area contributed by atoms with Crippen molar-refractivity contribution in [2.24, 2.45) is 0 Å². The third-order valence-electron chi connectivity index (χ3n) is 6.09. The Balaban J connectivity index is 0.00000124. The van der Waals surface area contributed by atoms with Crippen molar-refractivity contribution < 1.29 is 18.0 Å². The number of carbonyl (C=O) groups is 1. The average Bonchev–Trinajstić information content (AvgIpc) is 3.21. The minimum atomic E-state index is -4.38. The van der Waals surface area contributed by atoms with E-state index in [1.54, 1.807) is 12.3 Å². The Morgan fingerprint density at radius 2 is 1.68 bits per heavy atom. The van der Waals surface area contributed by atoms with Gasteiger partial charge in [0.25, 0.3) is 5.91 Å². The molecule has 2 atom stereocenters. The molecule has 192 valence electrons. The van der Waals surface area contributed by atoms with Gasteiger partial charge in [0.05, 0.1) is 17.3 Å². The number of pyridine rings is 1. The number of hydrogen-bond donors (Lipinski definition) is 1. The number of fused-ring (bicyclic) bond motifs is 1. The number of hydrogen-bond acceptors (Lipinski definition) is 5. The van der Waals surface area contributed by atoms with Crippen molar-refractivity contribution in [3.63, 3.8) is 0 Å². The van der Waals surface area contributed by atoms with Gasteiger partial charge in [-0.25, -0.2) is 4.98 Å². The normalized spacial score (nSPS) is 16.6. The molecule has 1 saturated heterocycles. The fourth-order valence-corrected chi connectivity index (χ4v) is 5.20. The first-order valence-corrected chi connectivity index (χ1v) is 12.2. The molecule has 1 aliphatic heterocycles. The molecule has 2 unspecified atom stereocenters. The summed E-state index contributed by atoms with van der Waals surface area (Å²) in [5.74, 6) is -0.450. The number of nitrogens with zero attached hydrogens (tertiary/aromatic N) is 3. The summed E-state index contributed by atoms with van der Waals surface area (Å²) in [4.78, 5) is 19.9. The van der Waals surface area contributed by atoms with E-state index in [1.165, 1.54) is 28.4 Å². The molecule has 1 amide bonds. The van der Waals surface area contributed by atoms with Crippen LogP contribution in [-0.2, 0) is 6.18 Å². The molecule has 2 aromatic carbocycles. The Kier molecular flexibility index (Phi) is 8.24. The summed E-state index contributed by atoms with van der Waals surface area (Å²) in [5, 5.41) is 10.5. The van der Waals surface area contributed by atoms with E-state index < -0.39 is 17.8 Å². The average molecular weight is 525 g/mol. The van der Waals surface area contributed by atoms with Crippen LogP contribution >= 0.6 is 11.3 Å². The molecule has 37 heavy (non-hydrogen) atoms. The van der Waals surface area contributed by atoms with Gasteiger partial charge < -0.3 is 10.6 Å². The van der Waals surface area contributed by atoms with Crippen LogP contribution in [0, 0.1) is 11.3 Å². The van der Waals surface area contributed by atoms with Crippen molar-refractivity contribution in [1.29, 1.82) is 5.26 Å². The van der Waals surface area contributed by atoms with Crippen LogP contribution in [0.2, 0.25) is 0 Å². The number of halogens is 3. The van der Waals surface area contributed by atoms with E-state index in [2.05, 4.69) is 11.1 Å². The molecule has 9 heteroatoms. The van der Waals surface area contributed by atoms with Gasteiger partial charge in [0.2, 0.25) is 0 Å². The van der Waals surface area contributed by atoms with E-state index in [9.17, 15) is 23.2 Å². The number of alkyl halides is 3. The molecule has 5 nitrogen and oxygen atoms in total. The summed E-state index contributed by atoms with van der Waals surface area (Å²) in [5.41, 5.74) is 8.17. The maximum Gasteiger partial charge on any atom is 0.416 e. The van der Waals surface area contributed by atoms with E-state index >= 15 is 0 Å². The van der Waals surface area contributed by atoms with Crippen LogP contribution in [0.5, 0.6) is 0 Å². The van der Waals surface area contributed by atoms with E-state index in [0.29, 0.717) is 27.5 Å². The molecule has 1 fully saturated rings. The zero-order valence-corrected chi connectivity index (χ0v) is 20.4. The standard InChI is InChI=1S/C25H17F3N4OS.C2H6.CH4/c26-25(27,28)17-9-7-15(8-10-17)14-3-5-16(6-4-14)19-13-32(20(19)12-29)24(33)22-21(30)18-2-1-11-31-23(18)34-22;1-2;/h1-11,19-20H,13,30H2;1-2H3;1H4. The zero-order chi connectivity index (χ0) is 26.0. The number of rotatable bonds is 3. The number of anilines is 1. The van der Waals surface area contributed by atoms with Gasteiger partial charge in [-0.15, -0.1) is 11.3 Å². The highest BCUT2D eigenvalue weighted by atomic mass is 32.1. The lowest BCUT2D eigenvalue weighted by Gasteiger charge is -2.44. The molecule has 1 aliphatic rings. The number of amides is 1. The summed E-state index contributed by atoms with van der Waals surface area (Å²) in [7, 11) is 0. The fourth-order valence-electron chi connectivity index (χ4n) is 4.18. The molecular weight excluding hydrogens is 497 g/mol. The second-order valence-electron chi connectivity index (χ2n) is 8.04. The number of nitrogens with two attached hydrogens (primary N) is 1. The largest absolute Gasteiger partial charge is 0.416 e. The van der Waals surface area contributed by atoms with Gasteiger partial charge in [0, 0.05) is 24.0 Å². The van der Waals surface area contributed by atoms with Crippen LogP contribution in [0.1, 0.15) is 48.0 Å². The zero-order valence-electron chi connectivity index (χ0n) is 19.6. The molecule has 5 rings (SSSR count). The molecule has 3 heterocycles. The summed E-state index contributed by atoms with van der Waals surface area (Å²) < 4.78 is 38.4. The van der Waals surface area contributed by atoms with Gasteiger partial charge in [-0.1, -0.05) is 57.7 Å². The van der Waals surface area contributed by atoms with Gasteiger partial charge in [-0.3, -0.25) is 4.79 Å². The molecule has 2 N–H and O–H groups in total. The Hall–Kier alpha value is -3.90. The van der Waals surface area contributed by atoms with Crippen LogP contribution in [0.15, 0.2) is 66.9 Å². The third kappa shape index (κ3) is 5.16. The molecule has 2 aromatic heterocycles. The predicted octanol–water partition coefficient (Wildman–Crippen LogP) is 7.36. The summed E-state index contributed by atoms with van der Waals surface area (Å²) in [6.07, 6.45) is -2.74.